The van der Waals surface area contributed by atoms with Crippen LogP contribution in [0.1, 0.15) is 76.5 Å². The molecule has 1 aromatic heterocycles. The summed E-state index contributed by atoms with van der Waals surface area (Å²) in [5, 5.41) is 9.36. The molecule has 0 saturated carbocycles. The smallest absolute Gasteiger partial charge is 0.413 e. The largest absolute Gasteiger partial charge is 0.458 e. The Labute approximate surface area is 323 Å². The van der Waals surface area contributed by atoms with Crippen LogP contribution in [0, 0.1) is 6.92 Å². The highest BCUT2D eigenvalue weighted by atomic mass is 31.2. The number of aryl methyl sites for hydroxylation is 1. The minimum atomic E-state index is -4.03. The van der Waals surface area contributed by atoms with Crippen LogP contribution in [-0.4, -0.2) is 47.3 Å². The first-order valence-corrected chi connectivity index (χ1v) is 20.2. The topological polar surface area (TPSA) is 190 Å². The van der Waals surface area contributed by atoms with Crippen LogP contribution in [-0.2, 0) is 18.6 Å². The molecule has 0 aliphatic carbocycles. The summed E-state index contributed by atoms with van der Waals surface area (Å²) in [6, 6.07) is 7.67. The van der Waals surface area contributed by atoms with Crippen LogP contribution < -0.4 is 26.2 Å². The Hall–Kier alpha value is -4.97. The van der Waals surface area contributed by atoms with E-state index < -0.39 is 37.4 Å². The average molecular weight is 776 g/mol. The normalized spacial score (nSPS) is 18.6. The summed E-state index contributed by atoms with van der Waals surface area (Å²) in [5.41, 5.74) is 8.24. The average Bonchev–Trinajstić information content (AvgIpc) is 3.57. The Kier molecular flexibility index (Phi) is 21.0. The van der Waals surface area contributed by atoms with Gasteiger partial charge >= 0.3 is 13.4 Å². The first-order valence-electron chi connectivity index (χ1n) is 18.7. The van der Waals surface area contributed by atoms with Crippen LogP contribution in [0.5, 0.6) is 5.75 Å². The van der Waals surface area contributed by atoms with E-state index >= 15 is 0 Å². The molecule has 4 atom stereocenters. The number of ether oxygens (including phenoxy) is 1. The molecular weight excluding hydrogens is 721 g/mol. The van der Waals surface area contributed by atoms with Crippen molar-refractivity contribution in [3.05, 3.63) is 146 Å². The zero-order chi connectivity index (χ0) is 39.6. The van der Waals surface area contributed by atoms with Crippen LogP contribution in [0.3, 0.4) is 0 Å². The van der Waals surface area contributed by atoms with Gasteiger partial charge in [0.15, 0.2) is 0 Å². The van der Waals surface area contributed by atoms with E-state index in [2.05, 4.69) is 93.1 Å². The number of benzene rings is 1. The molecule has 296 valence electrons. The van der Waals surface area contributed by atoms with Crippen molar-refractivity contribution in [2.45, 2.75) is 90.0 Å². The Morgan fingerprint density at radius 2 is 1.56 bits per heavy atom. The van der Waals surface area contributed by atoms with Crippen molar-refractivity contribution < 1.29 is 23.1 Å². The van der Waals surface area contributed by atoms with E-state index in [0.717, 1.165) is 38.5 Å². The predicted octanol–water partition coefficient (Wildman–Crippen LogP) is 8.20. The minimum absolute atomic E-state index is 0.0652. The Morgan fingerprint density at radius 3 is 2.16 bits per heavy atom. The Morgan fingerprint density at radius 1 is 0.964 bits per heavy atom. The first kappa shape index (κ1) is 44.4. The van der Waals surface area contributed by atoms with E-state index in [1.165, 1.54) is 10.8 Å². The minimum Gasteiger partial charge on any atom is -0.413 e. The number of amides is 1. The van der Waals surface area contributed by atoms with Crippen molar-refractivity contribution >= 4 is 13.7 Å². The Bertz CT molecular complexity index is 1860. The lowest BCUT2D eigenvalue weighted by molar-refractivity contribution is -0.120. The van der Waals surface area contributed by atoms with Gasteiger partial charge in [0, 0.05) is 42.6 Å². The number of azide groups is 1. The van der Waals surface area contributed by atoms with Crippen molar-refractivity contribution in [2.24, 2.45) is 5.11 Å². The number of carbonyl (C=O) groups is 1. The molecule has 0 radical (unpaired) electrons. The van der Waals surface area contributed by atoms with Gasteiger partial charge in [0.1, 0.15) is 12.0 Å². The van der Waals surface area contributed by atoms with E-state index in [0.29, 0.717) is 18.4 Å². The summed E-state index contributed by atoms with van der Waals surface area (Å²) >= 11 is 0. The second-order valence-electron chi connectivity index (χ2n) is 12.5. The maximum Gasteiger partial charge on any atom is 0.458 e. The molecule has 1 aliphatic rings. The number of hydrogen-bond donors (Lipinski definition) is 3. The van der Waals surface area contributed by atoms with Gasteiger partial charge in [0.25, 0.3) is 5.56 Å². The van der Waals surface area contributed by atoms with Crippen molar-refractivity contribution in [2.75, 3.05) is 19.7 Å². The summed E-state index contributed by atoms with van der Waals surface area (Å²) in [4.78, 5) is 41.8. The molecule has 2 heterocycles. The van der Waals surface area contributed by atoms with Gasteiger partial charge in [-0.25, -0.2) is 14.4 Å². The molecule has 3 N–H and O–H groups in total. The van der Waals surface area contributed by atoms with E-state index in [1.807, 2.05) is 12.2 Å². The third-order valence-electron chi connectivity index (χ3n) is 8.13. The standard InChI is InChI=1S/C40H54N7O7P/c1-3-4-5-6-7-8-9-10-11-12-13-14-15-16-17-18-19-20-24-27-37(48)42-28-29-43-55(51,54-34-25-22-21-23-26-34)52-32-36-35(45-46-41)30-38(53-36)47-31-33(2)39(49)44-40(47)50/h4-5,7-8,10-11,13-14,16-17,19-23,25-26,31,35-36,38H,3,6,9,12,15,18,24,27-30,32H2,1-2H3,(H,42,48)(H,43,51)(H,44,49,50)/b5-4-,8-7-,11-10-,14-13-,17-16-,20-19-/t35-,36+,38-,55?/m0/s1. The monoisotopic (exact) mass is 775 g/mol. The van der Waals surface area contributed by atoms with Crippen LogP contribution in [0.15, 0.2) is 124 Å². The summed E-state index contributed by atoms with van der Waals surface area (Å²) in [5.74, 6) is 0.127. The molecular formula is C40H54N7O7P. The molecule has 14 nitrogen and oxygen atoms in total. The maximum atomic E-state index is 13.9. The molecule has 3 rings (SSSR count). The number of hydrogen-bond acceptors (Lipinski definition) is 8. The number of nitrogens with zero attached hydrogens (tertiary/aromatic N) is 4. The van der Waals surface area contributed by atoms with Crippen LogP contribution >= 0.6 is 7.75 Å². The number of para-hydroxylation sites is 1. The highest BCUT2D eigenvalue weighted by Gasteiger charge is 2.39. The van der Waals surface area contributed by atoms with Crippen LogP contribution in [0.25, 0.3) is 10.4 Å². The summed E-state index contributed by atoms with van der Waals surface area (Å²) in [7, 11) is -4.03. The number of H-pyrrole nitrogens is 1. The molecule has 1 fully saturated rings. The molecule has 0 bridgehead atoms. The predicted molar refractivity (Wildman–Crippen MR) is 217 cm³/mol. The molecule has 55 heavy (non-hydrogen) atoms. The number of carbonyl (C=O) groups excluding carboxylic acids is 1. The number of aromatic amines is 1. The molecule has 2 aromatic rings. The van der Waals surface area contributed by atoms with Crippen molar-refractivity contribution in [1.82, 2.24) is 20.0 Å². The fourth-order valence-corrected chi connectivity index (χ4v) is 6.59. The van der Waals surface area contributed by atoms with Crippen molar-refractivity contribution in [3.63, 3.8) is 0 Å². The van der Waals surface area contributed by atoms with Gasteiger partial charge in [0.05, 0.1) is 18.8 Å². The van der Waals surface area contributed by atoms with Crippen molar-refractivity contribution in [1.29, 1.82) is 0 Å². The van der Waals surface area contributed by atoms with Gasteiger partial charge in [-0.15, -0.1) is 0 Å². The fraction of sp³-hybridized carbons (Fsp3) is 0.425. The molecule has 1 aliphatic heterocycles. The SMILES string of the molecule is CC/C=C\C/C=C\C/C=C\C/C=C\C/C=C\C/C=C\CCC(=O)NCCNP(=O)(OC[C@H]1O[C@H](n2cc(C)c(=O)[nH]c2=O)C[C@@H]1N=[N+]=[N-])Oc1ccccc1. The third-order valence-corrected chi connectivity index (χ3v) is 9.68. The molecule has 1 amide bonds. The Balaban J connectivity index is 1.38. The first-order chi connectivity index (χ1) is 26.7. The van der Waals surface area contributed by atoms with Crippen LogP contribution in [0.2, 0.25) is 0 Å². The maximum absolute atomic E-state index is 13.9. The molecule has 1 saturated heterocycles. The molecule has 0 spiro atoms. The summed E-state index contributed by atoms with van der Waals surface area (Å²) in [6.07, 6.45) is 31.9. The summed E-state index contributed by atoms with van der Waals surface area (Å²) in [6.45, 7) is 3.60. The number of aromatic nitrogens is 2. The third kappa shape index (κ3) is 17.8. The van der Waals surface area contributed by atoms with Gasteiger partial charge in [-0.05, 0) is 69.5 Å². The lowest BCUT2D eigenvalue weighted by Gasteiger charge is -2.23. The van der Waals surface area contributed by atoms with Gasteiger partial charge in [-0.2, -0.15) is 0 Å². The van der Waals surface area contributed by atoms with E-state index in [9.17, 15) is 18.9 Å². The van der Waals surface area contributed by atoms with Gasteiger partial charge in [-0.1, -0.05) is 103 Å². The molecule has 1 aromatic carbocycles. The zero-order valence-corrected chi connectivity index (χ0v) is 32.6. The number of nitrogens with one attached hydrogen (secondary N) is 3. The van der Waals surface area contributed by atoms with Gasteiger partial charge in [0.2, 0.25) is 5.91 Å². The second kappa shape index (κ2) is 25.9. The molecule has 15 heteroatoms. The quantitative estimate of drug-likeness (QED) is 0.0225. The zero-order valence-electron chi connectivity index (χ0n) is 31.7. The fourth-order valence-electron chi connectivity index (χ4n) is 5.26. The van der Waals surface area contributed by atoms with E-state index in [4.69, 9.17) is 19.3 Å². The summed E-state index contributed by atoms with van der Waals surface area (Å²) < 4.78 is 32.5. The van der Waals surface area contributed by atoms with Gasteiger partial charge in [-0.3, -0.25) is 23.7 Å². The van der Waals surface area contributed by atoms with Gasteiger partial charge < -0.3 is 14.6 Å². The number of rotatable bonds is 25. The highest BCUT2D eigenvalue weighted by Crippen LogP contribution is 2.45. The highest BCUT2D eigenvalue weighted by molar-refractivity contribution is 7.52. The number of allylic oxidation sites excluding steroid dienone is 12. The van der Waals surface area contributed by atoms with Crippen molar-refractivity contribution in [3.8, 4) is 5.75 Å². The van der Waals surface area contributed by atoms with E-state index in [1.54, 1.807) is 37.3 Å². The second-order valence-corrected chi connectivity index (χ2v) is 14.3. The molecule has 1 unspecified atom stereocenters. The lowest BCUT2D eigenvalue weighted by atomic mass is 10.1. The van der Waals surface area contributed by atoms with E-state index in [-0.39, 0.29) is 37.8 Å². The lowest BCUT2D eigenvalue weighted by Crippen LogP contribution is -2.34. The van der Waals surface area contributed by atoms with Crippen LogP contribution in [0.4, 0.5) is 0 Å².